The predicted octanol–water partition coefficient (Wildman–Crippen LogP) is 2.75. The van der Waals surface area contributed by atoms with Crippen LogP contribution in [0.4, 0.5) is 5.82 Å². The summed E-state index contributed by atoms with van der Waals surface area (Å²) in [6, 6.07) is 12.5. The maximum absolute atomic E-state index is 12.4. The van der Waals surface area contributed by atoms with Crippen LogP contribution in [0.1, 0.15) is 29.5 Å². The number of rotatable bonds is 3. The zero-order valence-electron chi connectivity index (χ0n) is 16.4. The molecule has 0 radical (unpaired) electrons. The Morgan fingerprint density at radius 1 is 1.10 bits per heavy atom. The standard InChI is InChI=1S/C23H24N4O2/c24-14-19-18-8-13-29-15-20(18)21(16-4-2-1-3-5-16)25-22(19)26-9-11-27(12-10-26)23(28)17-6-7-17/h1-5,17H,6-13,15H2. The first kappa shape index (κ1) is 18.1. The van der Waals surface area contributed by atoms with Crippen molar-refractivity contribution >= 4 is 11.7 Å². The highest BCUT2D eigenvalue weighted by molar-refractivity contribution is 5.81. The number of aromatic nitrogens is 1. The summed E-state index contributed by atoms with van der Waals surface area (Å²) in [5, 5.41) is 9.97. The van der Waals surface area contributed by atoms with Gasteiger partial charge in [0.05, 0.1) is 24.5 Å². The summed E-state index contributed by atoms with van der Waals surface area (Å²) in [4.78, 5) is 21.5. The Bertz CT molecular complexity index is 971. The minimum absolute atomic E-state index is 0.253. The Morgan fingerprint density at radius 3 is 2.55 bits per heavy atom. The van der Waals surface area contributed by atoms with Crippen LogP contribution in [0.5, 0.6) is 0 Å². The molecular formula is C23H24N4O2. The fourth-order valence-electron chi connectivity index (χ4n) is 4.35. The second-order valence-electron chi connectivity index (χ2n) is 7.98. The van der Waals surface area contributed by atoms with Crippen LogP contribution in [0.2, 0.25) is 0 Å². The monoisotopic (exact) mass is 388 g/mol. The molecular weight excluding hydrogens is 364 g/mol. The number of ether oxygens (including phenoxy) is 1. The van der Waals surface area contributed by atoms with E-state index in [1.165, 1.54) is 0 Å². The molecule has 1 aromatic heterocycles. The summed E-state index contributed by atoms with van der Waals surface area (Å²) in [5.74, 6) is 1.30. The molecule has 1 amide bonds. The van der Waals surface area contributed by atoms with Crippen LogP contribution in [0, 0.1) is 17.2 Å². The predicted molar refractivity (Wildman–Crippen MR) is 109 cm³/mol. The number of hydrogen-bond donors (Lipinski definition) is 0. The summed E-state index contributed by atoms with van der Waals surface area (Å²) in [6.45, 7) is 3.94. The van der Waals surface area contributed by atoms with Crippen molar-refractivity contribution in [3.63, 3.8) is 0 Å². The number of benzene rings is 1. The van der Waals surface area contributed by atoms with E-state index in [9.17, 15) is 10.1 Å². The van der Waals surface area contributed by atoms with Crippen molar-refractivity contribution in [1.29, 1.82) is 5.26 Å². The lowest BCUT2D eigenvalue weighted by atomic mass is 9.93. The third-order valence-electron chi connectivity index (χ3n) is 6.11. The van der Waals surface area contributed by atoms with E-state index < -0.39 is 0 Å². The molecule has 2 aromatic rings. The van der Waals surface area contributed by atoms with Gasteiger partial charge in [-0.25, -0.2) is 4.98 Å². The van der Waals surface area contributed by atoms with Gasteiger partial charge in [-0.3, -0.25) is 4.79 Å². The molecule has 3 aliphatic rings. The first-order chi connectivity index (χ1) is 14.3. The molecule has 1 saturated heterocycles. The highest BCUT2D eigenvalue weighted by Crippen LogP contribution is 2.36. The van der Waals surface area contributed by atoms with E-state index in [1.54, 1.807) is 0 Å². The molecule has 3 heterocycles. The molecule has 148 valence electrons. The summed E-state index contributed by atoms with van der Waals surface area (Å²) in [5.41, 5.74) is 4.72. The Morgan fingerprint density at radius 2 is 1.86 bits per heavy atom. The van der Waals surface area contributed by atoms with Crippen molar-refractivity contribution in [2.24, 2.45) is 5.92 Å². The SMILES string of the molecule is N#Cc1c(N2CCN(C(=O)C3CC3)CC2)nc(-c2ccccc2)c2c1CCOC2. The third kappa shape index (κ3) is 3.36. The van der Waals surface area contributed by atoms with Crippen molar-refractivity contribution in [2.75, 3.05) is 37.7 Å². The normalized spacial score (nSPS) is 18.9. The van der Waals surface area contributed by atoms with Crippen molar-refractivity contribution in [2.45, 2.75) is 25.9 Å². The Hall–Kier alpha value is -2.91. The summed E-state index contributed by atoms with van der Waals surface area (Å²) < 4.78 is 5.70. The molecule has 0 bridgehead atoms. The lowest BCUT2D eigenvalue weighted by molar-refractivity contribution is -0.132. The molecule has 0 atom stereocenters. The van der Waals surface area contributed by atoms with E-state index in [0.717, 1.165) is 47.5 Å². The molecule has 29 heavy (non-hydrogen) atoms. The highest BCUT2D eigenvalue weighted by atomic mass is 16.5. The first-order valence-corrected chi connectivity index (χ1v) is 10.4. The van der Waals surface area contributed by atoms with E-state index in [0.29, 0.717) is 50.9 Å². The molecule has 0 N–H and O–H groups in total. The molecule has 1 aliphatic carbocycles. The van der Waals surface area contributed by atoms with E-state index in [4.69, 9.17) is 9.72 Å². The third-order valence-corrected chi connectivity index (χ3v) is 6.11. The minimum Gasteiger partial charge on any atom is -0.376 e. The smallest absolute Gasteiger partial charge is 0.225 e. The van der Waals surface area contributed by atoms with Gasteiger partial charge in [0.15, 0.2) is 0 Å². The van der Waals surface area contributed by atoms with Gasteiger partial charge in [0.1, 0.15) is 11.9 Å². The molecule has 6 nitrogen and oxygen atoms in total. The number of hydrogen-bond acceptors (Lipinski definition) is 5. The Labute approximate surface area is 170 Å². The van der Waals surface area contributed by atoms with Gasteiger partial charge >= 0.3 is 0 Å². The van der Waals surface area contributed by atoms with Gasteiger partial charge in [0.25, 0.3) is 0 Å². The molecule has 2 fully saturated rings. The molecule has 6 heteroatoms. The van der Waals surface area contributed by atoms with Crippen LogP contribution >= 0.6 is 0 Å². The van der Waals surface area contributed by atoms with Gasteiger partial charge in [-0.1, -0.05) is 30.3 Å². The number of pyridine rings is 1. The van der Waals surface area contributed by atoms with Gasteiger partial charge in [-0.15, -0.1) is 0 Å². The average Bonchev–Trinajstić information content (AvgIpc) is 3.64. The minimum atomic E-state index is 0.253. The second-order valence-corrected chi connectivity index (χ2v) is 7.98. The van der Waals surface area contributed by atoms with Crippen molar-refractivity contribution < 1.29 is 9.53 Å². The van der Waals surface area contributed by atoms with E-state index in [1.807, 2.05) is 23.1 Å². The summed E-state index contributed by atoms with van der Waals surface area (Å²) in [6.07, 6.45) is 2.80. The number of nitriles is 1. The van der Waals surface area contributed by atoms with Gasteiger partial charge in [-0.2, -0.15) is 5.26 Å². The van der Waals surface area contributed by atoms with Crippen LogP contribution < -0.4 is 4.90 Å². The molecule has 1 aromatic carbocycles. The topological polar surface area (TPSA) is 69.5 Å². The van der Waals surface area contributed by atoms with Gasteiger partial charge in [0.2, 0.25) is 5.91 Å². The van der Waals surface area contributed by atoms with Crippen molar-refractivity contribution in [3.05, 3.63) is 47.0 Å². The molecule has 0 spiro atoms. The fraction of sp³-hybridized carbons (Fsp3) is 0.435. The van der Waals surface area contributed by atoms with E-state index in [-0.39, 0.29) is 5.92 Å². The number of nitrogens with zero attached hydrogens (tertiary/aromatic N) is 4. The van der Waals surface area contributed by atoms with Gasteiger partial charge in [0, 0.05) is 43.2 Å². The lowest BCUT2D eigenvalue weighted by Gasteiger charge is -2.37. The maximum atomic E-state index is 12.4. The van der Waals surface area contributed by atoms with Crippen molar-refractivity contribution in [1.82, 2.24) is 9.88 Å². The van der Waals surface area contributed by atoms with Crippen LogP contribution in [0.25, 0.3) is 11.3 Å². The molecule has 2 aliphatic heterocycles. The largest absolute Gasteiger partial charge is 0.376 e. The summed E-state index contributed by atoms with van der Waals surface area (Å²) >= 11 is 0. The number of carbonyl (C=O) groups excluding carboxylic acids is 1. The number of anilines is 1. The van der Waals surface area contributed by atoms with Crippen LogP contribution in [-0.4, -0.2) is 48.6 Å². The molecule has 1 saturated carbocycles. The maximum Gasteiger partial charge on any atom is 0.225 e. The van der Waals surface area contributed by atoms with Crippen molar-refractivity contribution in [3.8, 4) is 17.3 Å². The van der Waals surface area contributed by atoms with Crippen LogP contribution in [0.15, 0.2) is 30.3 Å². The first-order valence-electron chi connectivity index (χ1n) is 10.4. The fourth-order valence-corrected chi connectivity index (χ4v) is 4.35. The molecule has 0 unspecified atom stereocenters. The highest BCUT2D eigenvalue weighted by Gasteiger charge is 2.35. The zero-order chi connectivity index (χ0) is 19.8. The van der Waals surface area contributed by atoms with Crippen LogP contribution in [0.3, 0.4) is 0 Å². The number of fused-ring (bicyclic) bond motifs is 1. The van der Waals surface area contributed by atoms with Crippen LogP contribution in [-0.2, 0) is 22.6 Å². The van der Waals surface area contributed by atoms with Gasteiger partial charge in [-0.05, 0) is 24.8 Å². The zero-order valence-corrected chi connectivity index (χ0v) is 16.4. The quantitative estimate of drug-likeness (QED) is 0.809. The number of carbonyl (C=O) groups is 1. The lowest BCUT2D eigenvalue weighted by Crippen LogP contribution is -2.49. The number of amides is 1. The van der Waals surface area contributed by atoms with E-state index >= 15 is 0 Å². The Balaban J connectivity index is 1.51. The number of piperazine rings is 1. The second kappa shape index (κ2) is 7.49. The Kier molecular flexibility index (Phi) is 4.69. The van der Waals surface area contributed by atoms with Gasteiger partial charge < -0.3 is 14.5 Å². The summed E-state index contributed by atoms with van der Waals surface area (Å²) in [7, 11) is 0. The molecule has 5 rings (SSSR count). The van der Waals surface area contributed by atoms with E-state index in [2.05, 4.69) is 23.1 Å². The average molecular weight is 388 g/mol.